The molecule has 0 unspecified atom stereocenters. The molecule has 2 nitrogen and oxygen atoms in total. The van der Waals surface area contributed by atoms with Crippen LogP contribution in [0.1, 0.15) is 17.7 Å². The molecule has 5 heteroatoms. The largest absolute Gasteiger partial charge is 0.390 e. The molecule has 0 amide bonds. The van der Waals surface area contributed by atoms with Crippen molar-refractivity contribution in [2.45, 2.75) is 26.1 Å². The Hall–Kier alpha value is -1.62. The van der Waals surface area contributed by atoms with Gasteiger partial charge >= 0.3 is 6.18 Å². The molecule has 0 fully saturated rings. The van der Waals surface area contributed by atoms with Crippen molar-refractivity contribution in [3.05, 3.63) is 41.6 Å². The van der Waals surface area contributed by atoms with E-state index in [9.17, 15) is 13.2 Å². The summed E-state index contributed by atoms with van der Waals surface area (Å²) in [7, 11) is 0. The van der Waals surface area contributed by atoms with Crippen molar-refractivity contribution >= 4 is 10.9 Å². The number of halogens is 3. The molecular formula is C14H15F3N2. The molecule has 0 aliphatic heterocycles. The maximum absolute atomic E-state index is 12.0. The minimum Gasteiger partial charge on any atom is -0.312 e. The van der Waals surface area contributed by atoms with E-state index < -0.39 is 12.6 Å². The number of nitrogens with one attached hydrogen (secondary N) is 1. The molecule has 0 aliphatic rings. The summed E-state index contributed by atoms with van der Waals surface area (Å²) in [6.45, 7) is 2.23. The van der Waals surface area contributed by atoms with E-state index in [0.29, 0.717) is 6.54 Å². The zero-order valence-electron chi connectivity index (χ0n) is 10.6. The predicted molar refractivity (Wildman–Crippen MR) is 68.9 cm³/mol. The van der Waals surface area contributed by atoms with Crippen LogP contribution in [0, 0.1) is 6.92 Å². The lowest BCUT2D eigenvalue weighted by Gasteiger charge is -2.10. The third-order valence-electron chi connectivity index (χ3n) is 2.83. The van der Waals surface area contributed by atoms with Crippen LogP contribution < -0.4 is 5.32 Å². The van der Waals surface area contributed by atoms with Gasteiger partial charge in [0, 0.05) is 24.2 Å². The molecular weight excluding hydrogens is 253 g/mol. The van der Waals surface area contributed by atoms with Crippen LogP contribution in [0.5, 0.6) is 0 Å². The number of hydrogen-bond acceptors (Lipinski definition) is 2. The fourth-order valence-electron chi connectivity index (χ4n) is 1.99. The second-order valence-corrected chi connectivity index (χ2v) is 4.48. The topological polar surface area (TPSA) is 24.9 Å². The molecule has 0 aliphatic carbocycles. The standard InChI is InChI=1S/C14H15F3N2/c1-10-8-11(9-18-7-6-14(15,16)17)12-4-2-3-5-13(12)19-10/h2-5,8,18H,6-7,9H2,1H3. The van der Waals surface area contributed by atoms with Gasteiger partial charge in [0.05, 0.1) is 11.9 Å². The van der Waals surface area contributed by atoms with Gasteiger partial charge in [-0.15, -0.1) is 0 Å². The smallest absolute Gasteiger partial charge is 0.312 e. The number of aryl methyl sites for hydroxylation is 1. The van der Waals surface area contributed by atoms with Crippen LogP contribution in [0.4, 0.5) is 13.2 Å². The number of alkyl halides is 3. The van der Waals surface area contributed by atoms with Gasteiger partial charge < -0.3 is 5.32 Å². The van der Waals surface area contributed by atoms with Crippen LogP contribution in [-0.4, -0.2) is 17.7 Å². The van der Waals surface area contributed by atoms with Gasteiger partial charge in [-0.1, -0.05) is 18.2 Å². The number of hydrogen-bond donors (Lipinski definition) is 1. The molecule has 2 rings (SSSR count). The van der Waals surface area contributed by atoms with Crippen LogP contribution in [-0.2, 0) is 6.54 Å². The highest BCUT2D eigenvalue weighted by Gasteiger charge is 2.25. The molecule has 1 aromatic carbocycles. The van der Waals surface area contributed by atoms with Crippen LogP contribution in [0.2, 0.25) is 0 Å². The predicted octanol–water partition coefficient (Wildman–Crippen LogP) is 3.59. The van der Waals surface area contributed by atoms with Gasteiger partial charge in [0.25, 0.3) is 0 Å². The summed E-state index contributed by atoms with van der Waals surface area (Å²) in [5.41, 5.74) is 2.71. The van der Waals surface area contributed by atoms with Gasteiger partial charge in [0.1, 0.15) is 0 Å². The second kappa shape index (κ2) is 5.57. The first kappa shape index (κ1) is 13.8. The van der Waals surface area contributed by atoms with Crippen molar-refractivity contribution in [1.29, 1.82) is 0 Å². The molecule has 1 N–H and O–H groups in total. The number of para-hydroxylation sites is 1. The molecule has 0 spiro atoms. The van der Waals surface area contributed by atoms with E-state index in [4.69, 9.17) is 0 Å². The molecule has 0 atom stereocenters. The van der Waals surface area contributed by atoms with E-state index in [1.807, 2.05) is 37.3 Å². The SMILES string of the molecule is Cc1cc(CNCCC(F)(F)F)c2ccccc2n1. The van der Waals surface area contributed by atoms with Gasteiger partial charge in [0.15, 0.2) is 0 Å². The third kappa shape index (κ3) is 3.92. The van der Waals surface area contributed by atoms with E-state index in [-0.39, 0.29) is 6.54 Å². The number of pyridine rings is 1. The maximum atomic E-state index is 12.0. The minimum absolute atomic E-state index is 0.0702. The molecule has 102 valence electrons. The highest BCUT2D eigenvalue weighted by Crippen LogP contribution is 2.20. The van der Waals surface area contributed by atoms with Gasteiger partial charge in [-0.25, -0.2) is 0 Å². The van der Waals surface area contributed by atoms with E-state index >= 15 is 0 Å². The lowest BCUT2D eigenvalue weighted by molar-refractivity contribution is -0.133. The van der Waals surface area contributed by atoms with E-state index in [1.165, 1.54) is 0 Å². The maximum Gasteiger partial charge on any atom is 0.390 e. The van der Waals surface area contributed by atoms with Crippen molar-refractivity contribution in [2.24, 2.45) is 0 Å². The molecule has 0 saturated heterocycles. The summed E-state index contributed by atoms with van der Waals surface area (Å²) in [5.74, 6) is 0. The quantitative estimate of drug-likeness (QED) is 0.857. The summed E-state index contributed by atoms with van der Waals surface area (Å²) in [6.07, 6.45) is -4.92. The van der Waals surface area contributed by atoms with Gasteiger partial charge in [0.2, 0.25) is 0 Å². The second-order valence-electron chi connectivity index (χ2n) is 4.48. The van der Waals surface area contributed by atoms with Gasteiger partial charge in [-0.3, -0.25) is 4.98 Å². The Balaban J connectivity index is 2.08. The summed E-state index contributed by atoms with van der Waals surface area (Å²) >= 11 is 0. The zero-order valence-corrected chi connectivity index (χ0v) is 10.6. The van der Waals surface area contributed by atoms with Crippen LogP contribution in [0.15, 0.2) is 30.3 Å². The van der Waals surface area contributed by atoms with Crippen LogP contribution in [0.3, 0.4) is 0 Å². The molecule has 1 heterocycles. The highest BCUT2D eigenvalue weighted by atomic mass is 19.4. The molecule has 1 aromatic heterocycles. The van der Waals surface area contributed by atoms with Crippen molar-refractivity contribution in [3.63, 3.8) is 0 Å². The first-order chi connectivity index (χ1) is 8.96. The van der Waals surface area contributed by atoms with Crippen LogP contribution >= 0.6 is 0 Å². The van der Waals surface area contributed by atoms with Crippen molar-refractivity contribution < 1.29 is 13.2 Å². The van der Waals surface area contributed by atoms with Gasteiger partial charge in [-0.05, 0) is 24.6 Å². The lowest BCUT2D eigenvalue weighted by Crippen LogP contribution is -2.21. The Labute approximate surface area is 109 Å². The number of nitrogens with zero attached hydrogens (tertiary/aromatic N) is 1. The fourth-order valence-corrected chi connectivity index (χ4v) is 1.99. The van der Waals surface area contributed by atoms with Crippen molar-refractivity contribution in [2.75, 3.05) is 6.54 Å². The highest BCUT2D eigenvalue weighted by molar-refractivity contribution is 5.82. The Morgan fingerprint density at radius 2 is 1.95 bits per heavy atom. The number of benzene rings is 1. The monoisotopic (exact) mass is 268 g/mol. The van der Waals surface area contributed by atoms with Crippen molar-refractivity contribution in [3.8, 4) is 0 Å². The van der Waals surface area contributed by atoms with Gasteiger partial charge in [-0.2, -0.15) is 13.2 Å². The van der Waals surface area contributed by atoms with E-state index in [0.717, 1.165) is 22.2 Å². The summed E-state index contributed by atoms with van der Waals surface area (Å²) < 4.78 is 36.1. The summed E-state index contributed by atoms with van der Waals surface area (Å²) in [6, 6.07) is 9.54. The molecule has 2 aromatic rings. The van der Waals surface area contributed by atoms with Crippen LogP contribution in [0.25, 0.3) is 10.9 Å². The molecule has 0 saturated carbocycles. The van der Waals surface area contributed by atoms with E-state index in [2.05, 4.69) is 10.3 Å². The Morgan fingerprint density at radius 1 is 1.21 bits per heavy atom. The number of fused-ring (bicyclic) bond motifs is 1. The Morgan fingerprint density at radius 3 is 2.68 bits per heavy atom. The average Bonchev–Trinajstić information content (AvgIpc) is 2.33. The summed E-state index contributed by atoms with van der Waals surface area (Å²) in [5, 5.41) is 3.81. The molecule has 0 bridgehead atoms. The molecule has 0 radical (unpaired) electrons. The number of aromatic nitrogens is 1. The minimum atomic E-state index is -4.11. The Kier molecular flexibility index (Phi) is 4.04. The normalized spacial score (nSPS) is 12.0. The first-order valence-corrected chi connectivity index (χ1v) is 6.08. The zero-order chi connectivity index (χ0) is 13.9. The first-order valence-electron chi connectivity index (χ1n) is 6.08. The number of rotatable bonds is 4. The molecule has 19 heavy (non-hydrogen) atoms. The summed E-state index contributed by atoms with van der Waals surface area (Å²) in [4.78, 5) is 4.40. The van der Waals surface area contributed by atoms with E-state index in [1.54, 1.807) is 0 Å². The Bertz CT molecular complexity index is 564. The third-order valence-corrected chi connectivity index (χ3v) is 2.83. The average molecular weight is 268 g/mol. The fraction of sp³-hybridized carbons (Fsp3) is 0.357. The van der Waals surface area contributed by atoms with Crippen molar-refractivity contribution in [1.82, 2.24) is 10.3 Å². The lowest BCUT2D eigenvalue weighted by atomic mass is 10.1.